The Morgan fingerprint density at radius 3 is 2.94 bits per heavy atom. The summed E-state index contributed by atoms with van der Waals surface area (Å²) in [6.45, 7) is 0.894. The zero-order chi connectivity index (χ0) is 11.4. The fourth-order valence-electron chi connectivity index (χ4n) is 1.89. The Labute approximate surface area is 110 Å². The van der Waals surface area contributed by atoms with E-state index in [0.29, 0.717) is 6.04 Å². The molecule has 0 amide bonds. The van der Waals surface area contributed by atoms with Gasteiger partial charge in [0.1, 0.15) is 0 Å². The van der Waals surface area contributed by atoms with Crippen LogP contribution in [0.4, 0.5) is 0 Å². The van der Waals surface area contributed by atoms with E-state index in [1.165, 1.54) is 18.4 Å². The van der Waals surface area contributed by atoms with Crippen LogP contribution in [0.1, 0.15) is 24.8 Å². The Bertz CT molecular complexity index is 390. The lowest BCUT2D eigenvalue weighted by Crippen LogP contribution is -2.29. The van der Waals surface area contributed by atoms with Crippen LogP contribution in [0, 0.1) is 0 Å². The van der Waals surface area contributed by atoms with Gasteiger partial charge in [-0.1, -0.05) is 29.8 Å². The van der Waals surface area contributed by atoms with Crippen molar-refractivity contribution in [2.24, 2.45) is 0 Å². The highest BCUT2D eigenvalue weighted by Crippen LogP contribution is 2.23. The summed E-state index contributed by atoms with van der Waals surface area (Å²) in [6.07, 6.45) is 8.09. The lowest BCUT2D eigenvalue weighted by Gasteiger charge is -2.19. The van der Waals surface area contributed by atoms with Crippen LogP contribution in [0.2, 0.25) is 5.02 Å². The third kappa shape index (κ3) is 3.34. The van der Waals surface area contributed by atoms with Crippen molar-refractivity contribution in [2.75, 3.05) is 0 Å². The Morgan fingerprint density at radius 2 is 2.25 bits per heavy atom. The van der Waals surface area contributed by atoms with E-state index in [1.54, 1.807) is 0 Å². The zero-order valence-corrected chi connectivity index (χ0v) is 11.4. The van der Waals surface area contributed by atoms with Gasteiger partial charge in [0.05, 0.1) is 5.02 Å². The quantitative estimate of drug-likeness (QED) is 0.821. The second kappa shape index (κ2) is 5.85. The Kier molecular flexibility index (Phi) is 4.45. The molecule has 3 heteroatoms. The molecule has 1 N–H and O–H groups in total. The summed E-state index contributed by atoms with van der Waals surface area (Å²) < 4.78 is 0.957. The Balaban J connectivity index is 1.89. The summed E-state index contributed by atoms with van der Waals surface area (Å²) >= 11 is 9.45. The first kappa shape index (κ1) is 12.2. The van der Waals surface area contributed by atoms with Crippen LogP contribution in [0.3, 0.4) is 0 Å². The lowest BCUT2D eigenvalue weighted by atomic mass is 10.0. The van der Waals surface area contributed by atoms with E-state index in [0.717, 1.165) is 22.5 Å². The molecule has 1 nitrogen and oxygen atoms in total. The van der Waals surface area contributed by atoms with Crippen molar-refractivity contribution in [3.8, 4) is 0 Å². The van der Waals surface area contributed by atoms with Crippen molar-refractivity contribution in [1.82, 2.24) is 5.32 Å². The number of hydrogen-bond acceptors (Lipinski definition) is 1. The van der Waals surface area contributed by atoms with Crippen molar-refractivity contribution in [2.45, 2.75) is 31.8 Å². The summed E-state index contributed by atoms with van der Waals surface area (Å²) in [5, 5.41) is 4.34. The van der Waals surface area contributed by atoms with Gasteiger partial charge in [0.15, 0.2) is 0 Å². The fraction of sp³-hybridized carbons (Fsp3) is 0.385. The van der Waals surface area contributed by atoms with Gasteiger partial charge in [-0.25, -0.2) is 0 Å². The maximum absolute atomic E-state index is 6.05. The average molecular weight is 301 g/mol. The van der Waals surface area contributed by atoms with E-state index < -0.39 is 0 Å². The predicted octanol–water partition coefficient (Wildman–Crippen LogP) is 4.30. The molecule has 0 fully saturated rings. The number of nitrogens with one attached hydrogen (secondary N) is 1. The maximum Gasteiger partial charge on any atom is 0.0551 e. The molecule has 0 aromatic heterocycles. The van der Waals surface area contributed by atoms with Crippen LogP contribution >= 0.6 is 27.5 Å². The summed E-state index contributed by atoms with van der Waals surface area (Å²) in [7, 11) is 0. The number of allylic oxidation sites excluding steroid dienone is 1. The molecule has 1 aliphatic rings. The van der Waals surface area contributed by atoms with Crippen molar-refractivity contribution in [1.29, 1.82) is 0 Å². The smallest absolute Gasteiger partial charge is 0.0551 e. The molecule has 0 bridgehead atoms. The van der Waals surface area contributed by atoms with Crippen LogP contribution in [0.15, 0.2) is 34.8 Å². The minimum atomic E-state index is 0.618. The lowest BCUT2D eigenvalue weighted by molar-refractivity contribution is 0.474. The van der Waals surface area contributed by atoms with Crippen LogP contribution in [0.5, 0.6) is 0 Å². The van der Waals surface area contributed by atoms with Crippen LogP contribution in [0.25, 0.3) is 0 Å². The molecule has 1 aliphatic carbocycles. The zero-order valence-electron chi connectivity index (χ0n) is 9.05. The van der Waals surface area contributed by atoms with E-state index in [1.807, 2.05) is 12.1 Å². The van der Waals surface area contributed by atoms with Crippen molar-refractivity contribution in [3.63, 3.8) is 0 Å². The third-order valence-electron chi connectivity index (χ3n) is 2.85. The monoisotopic (exact) mass is 299 g/mol. The standard InChI is InChI=1S/C13H15BrClN/c14-12-7-6-10(8-13(12)15)9-16-11-4-2-1-3-5-11/h1-2,6-8,11,16H,3-5,9H2. The number of hydrogen-bond donors (Lipinski definition) is 1. The minimum Gasteiger partial charge on any atom is -0.310 e. The largest absolute Gasteiger partial charge is 0.310 e. The van der Waals surface area contributed by atoms with Gasteiger partial charge in [-0.2, -0.15) is 0 Å². The first-order chi connectivity index (χ1) is 7.75. The summed E-state index contributed by atoms with van der Waals surface area (Å²) in [4.78, 5) is 0. The first-order valence-electron chi connectivity index (χ1n) is 5.58. The molecule has 0 aliphatic heterocycles. The first-order valence-corrected chi connectivity index (χ1v) is 6.75. The van der Waals surface area contributed by atoms with Gasteiger partial charge in [-0.3, -0.25) is 0 Å². The molecule has 0 radical (unpaired) electrons. The van der Waals surface area contributed by atoms with Crippen LogP contribution in [-0.2, 0) is 6.54 Å². The second-order valence-electron chi connectivity index (χ2n) is 4.11. The van der Waals surface area contributed by atoms with E-state index >= 15 is 0 Å². The van der Waals surface area contributed by atoms with Crippen LogP contribution < -0.4 is 5.32 Å². The SMILES string of the molecule is Clc1cc(CNC2CC=CCC2)ccc1Br. The van der Waals surface area contributed by atoms with Gasteiger partial charge < -0.3 is 5.32 Å². The molecule has 1 aromatic rings. The number of rotatable bonds is 3. The Hall–Kier alpha value is -0.310. The molecule has 16 heavy (non-hydrogen) atoms. The number of benzene rings is 1. The van der Waals surface area contributed by atoms with Crippen LogP contribution in [-0.4, -0.2) is 6.04 Å². The van der Waals surface area contributed by atoms with Gasteiger partial charge in [-0.05, 0) is 52.9 Å². The average Bonchev–Trinajstić information content (AvgIpc) is 2.32. The number of halogens is 2. The predicted molar refractivity (Wildman–Crippen MR) is 72.8 cm³/mol. The van der Waals surface area contributed by atoms with Gasteiger partial charge >= 0.3 is 0 Å². The van der Waals surface area contributed by atoms with E-state index in [4.69, 9.17) is 11.6 Å². The molecule has 1 aromatic carbocycles. The molecule has 86 valence electrons. The van der Waals surface area contributed by atoms with E-state index in [2.05, 4.69) is 39.5 Å². The molecular formula is C13H15BrClN. The molecular weight excluding hydrogens is 286 g/mol. The Morgan fingerprint density at radius 1 is 1.38 bits per heavy atom. The topological polar surface area (TPSA) is 12.0 Å². The highest BCUT2D eigenvalue weighted by Gasteiger charge is 2.08. The summed E-state index contributed by atoms with van der Waals surface area (Å²) in [6, 6.07) is 6.73. The highest BCUT2D eigenvalue weighted by molar-refractivity contribution is 9.10. The molecule has 0 spiro atoms. The molecule has 2 rings (SSSR count). The van der Waals surface area contributed by atoms with Crippen molar-refractivity contribution in [3.05, 3.63) is 45.4 Å². The molecule has 1 atom stereocenters. The normalized spacial score (nSPS) is 20.0. The van der Waals surface area contributed by atoms with Gasteiger partial charge in [0.2, 0.25) is 0 Å². The molecule has 0 heterocycles. The molecule has 1 unspecified atom stereocenters. The highest BCUT2D eigenvalue weighted by atomic mass is 79.9. The van der Waals surface area contributed by atoms with E-state index in [-0.39, 0.29) is 0 Å². The fourth-order valence-corrected chi connectivity index (χ4v) is 2.34. The maximum atomic E-state index is 6.05. The van der Waals surface area contributed by atoms with Crippen molar-refractivity contribution >= 4 is 27.5 Å². The van der Waals surface area contributed by atoms with Gasteiger partial charge in [0, 0.05) is 17.1 Å². The van der Waals surface area contributed by atoms with Crippen molar-refractivity contribution < 1.29 is 0 Å². The molecule has 0 saturated heterocycles. The molecule has 0 saturated carbocycles. The minimum absolute atomic E-state index is 0.618. The third-order valence-corrected chi connectivity index (χ3v) is 4.08. The van der Waals surface area contributed by atoms with Gasteiger partial charge in [-0.15, -0.1) is 0 Å². The summed E-state index contributed by atoms with van der Waals surface area (Å²) in [5.41, 5.74) is 1.24. The van der Waals surface area contributed by atoms with E-state index in [9.17, 15) is 0 Å². The summed E-state index contributed by atoms with van der Waals surface area (Å²) in [5.74, 6) is 0. The van der Waals surface area contributed by atoms with Gasteiger partial charge in [0.25, 0.3) is 0 Å². The second-order valence-corrected chi connectivity index (χ2v) is 5.37.